The second kappa shape index (κ2) is 6.60. The van der Waals surface area contributed by atoms with Crippen LogP contribution in [0.15, 0.2) is 35.3 Å². The van der Waals surface area contributed by atoms with E-state index in [0.29, 0.717) is 0 Å². The van der Waals surface area contributed by atoms with Crippen molar-refractivity contribution in [2.75, 3.05) is 33.2 Å². The van der Waals surface area contributed by atoms with Crippen LogP contribution in [-0.4, -0.2) is 43.0 Å². The van der Waals surface area contributed by atoms with Crippen molar-refractivity contribution in [3.8, 4) is 0 Å². The zero-order chi connectivity index (χ0) is 12.8. The molecule has 0 unspecified atom stereocenters. The van der Waals surface area contributed by atoms with Gasteiger partial charge < -0.3 is 9.80 Å². The molecule has 1 rings (SSSR count). The van der Waals surface area contributed by atoms with Crippen LogP contribution in [0.25, 0.3) is 0 Å². The van der Waals surface area contributed by atoms with Crippen LogP contribution in [0, 0.1) is 0 Å². The summed E-state index contributed by atoms with van der Waals surface area (Å²) in [6.45, 7) is 9.43. The quantitative estimate of drug-likeness (QED) is 0.697. The molecule has 1 fully saturated rings. The number of nitrogens with zero attached hydrogens (tertiary/aromatic N) is 2. The number of hydrogen-bond donors (Lipinski definition) is 0. The number of halogens is 1. The van der Waals surface area contributed by atoms with E-state index in [0.717, 1.165) is 37.4 Å². The molecule has 0 bridgehead atoms. The van der Waals surface area contributed by atoms with E-state index < -0.39 is 0 Å². The van der Waals surface area contributed by atoms with Gasteiger partial charge in [-0.2, -0.15) is 0 Å². The van der Waals surface area contributed by atoms with Crippen molar-refractivity contribution in [2.45, 2.75) is 20.8 Å². The lowest BCUT2D eigenvalue weighted by molar-refractivity contribution is 0.184. The Morgan fingerprint density at radius 1 is 1.12 bits per heavy atom. The molecule has 0 spiro atoms. The van der Waals surface area contributed by atoms with Gasteiger partial charge in [0, 0.05) is 26.2 Å². The highest BCUT2D eigenvalue weighted by molar-refractivity contribution is 5.34. The van der Waals surface area contributed by atoms with Crippen LogP contribution in [0.3, 0.4) is 0 Å². The molecule has 0 amide bonds. The number of hydrogen-bond acceptors (Lipinski definition) is 2. The Labute approximate surface area is 104 Å². The summed E-state index contributed by atoms with van der Waals surface area (Å²) in [6, 6.07) is 0. The van der Waals surface area contributed by atoms with E-state index in [1.807, 2.05) is 26.0 Å². The molecule has 0 radical (unpaired) electrons. The summed E-state index contributed by atoms with van der Waals surface area (Å²) in [5.41, 5.74) is 1.74. The van der Waals surface area contributed by atoms with Gasteiger partial charge in [-0.3, -0.25) is 0 Å². The lowest BCUT2D eigenvalue weighted by Gasteiger charge is -2.35. The Hall–Kier alpha value is -1.09. The zero-order valence-corrected chi connectivity index (χ0v) is 11.3. The second-order valence-electron chi connectivity index (χ2n) is 4.46. The summed E-state index contributed by atoms with van der Waals surface area (Å²) in [5, 5.41) is 0. The summed E-state index contributed by atoms with van der Waals surface area (Å²) in [4.78, 5) is 4.41. The first-order valence-electron chi connectivity index (χ1n) is 6.19. The van der Waals surface area contributed by atoms with Crippen LogP contribution in [-0.2, 0) is 0 Å². The van der Waals surface area contributed by atoms with Crippen LogP contribution in [0.2, 0.25) is 0 Å². The van der Waals surface area contributed by atoms with Gasteiger partial charge in [-0.1, -0.05) is 12.2 Å². The van der Waals surface area contributed by atoms with Crippen LogP contribution in [0.1, 0.15) is 20.8 Å². The summed E-state index contributed by atoms with van der Waals surface area (Å²) >= 11 is 0. The summed E-state index contributed by atoms with van der Waals surface area (Å²) in [7, 11) is 2.10. The zero-order valence-electron chi connectivity index (χ0n) is 11.3. The topological polar surface area (TPSA) is 6.48 Å². The smallest absolute Gasteiger partial charge is 0.142 e. The van der Waals surface area contributed by atoms with Crippen LogP contribution in [0.5, 0.6) is 0 Å². The van der Waals surface area contributed by atoms with Gasteiger partial charge in [-0.15, -0.1) is 0 Å². The molecule has 0 atom stereocenters. The van der Waals surface area contributed by atoms with Crippen molar-refractivity contribution in [3.05, 3.63) is 35.3 Å². The van der Waals surface area contributed by atoms with Crippen molar-refractivity contribution in [1.29, 1.82) is 0 Å². The predicted octanol–water partition coefficient (Wildman–Crippen LogP) is 2.96. The molecule has 0 N–H and O–H groups in total. The van der Waals surface area contributed by atoms with Crippen LogP contribution < -0.4 is 0 Å². The molecule has 2 nitrogen and oxygen atoms in total. The summed E-state index contributed by atoms with van der Waals surface area (Å²) in [5.74, 6) is -0.120. The predicted molar refractivity (Wildman–Crippen MR) is 71.4 cm³/mol. The monoisotopic (exact) mass is 238 g/mol. The van der Waals surface area contributed by atoms with E-state index in [2.05, 4.69) is 16.8 Å². The first kappa shape index (κ1) is 14.0. The van der Waals surface area contributed by atoms with E-state index in [1.165, 1.54) is 0 Å². The minimum absolute atomic E-state index is 0.120. The van der Waals surface area contributed by atoms with Crippen molar-refractivity contribution in [1.82, 2.24) is 9.80 Å². The molecular formula is C14H23FN2. The minimum Gasteiger partial charge on any atom is -0.366 e. The Morgan fingerprint density at radius 2 is 1.71 bits per heavy atom. The molecule has 0 aromatic rings. The lowest BCUT2D eigenvalue weighted by Crippen LogP contribution is -2.44. The third-order valence-corrected chi connectivity index (χ3v) is 3.09. The number of likely N-dealkylation sites (N-methyl/N-ethyl adjacent to an activating group) is 1. The largest absolute Gasteiger partial charge is 0.366 e. The van der Waals surface area contributed by atoms with Crippen molar-refractivity contribution < 1.29 is 4.39 Å². The van der Waals surface area contributed by atoms with Crippen LogP contribution >= 0.6 is 0 Å². The van der Waals surface area contributed by atoms with Gasteiger partial charge in [0.05, 0.1) is 5.70 Å². The Kier molecular flexibility index (Phi) is 5.42. The maximum atomic E-state index is 14.0. The van der Waals surface area contributed by atoms with Gasteiger partial charge in [0.25, 0.3) is 0 Å². The van der Waals surface area contributed by atoms with E-state index in [-0.39, 0.29) is 5.83 Å². The maximum Gasteiger partial charge on any atom is 0.142 e. The molecule has 0 aromatic heterocycles. The van der Waals surface area contributed by atoms with Crippen molar-refractivity contribution in [2.24, 2.45) is 0 Å². The SMILES string of the molecule is C/C=C/C(C)=C(\C(F)=C/C)N1CCN(C)CC1. The average Bonchev–Trinajstić information content (AvgIpc) is 2.32. The normalized spacial score (nSPS) is 21.0. The molecule has 1 heterocycles. The van der Waals surface area contributed by atoms with E-state index in [9.17, 15) is 4.39 Å². The fourth-order valence-corrected chi connectivity index (χ4v) is 2.08. The minimum atomic E-state index is -0.120. The average molecular weight is 238 g/mol. The van der Waals surface area contributed by atoms with E-state index in [4.69, 9.17) is 0 Å². The van der Waals surface area contributed by atoms with Crippen molar-refractivity contribution >= 4 is 0 Å². The number of allylic oxidation sites excluding steroid dienone is 5. The lowest BCUT2D eigenvalue weighted by atomic mass is 10.1. The Bertz CT molecular complexity index is 334. The molecular weight excluding hydrogens is 215 g/mol. The molecule has 3 heteroatoms. The van der Waals surface area contributed by atoms with Crippen molar-refractivity contribution in [3.63, 3.8) is 0 Å². The molecule has 96 valence electrons. The molecule has 1 aliphatic rings. The molecule has 0 aliphatic carbocycles. The van der Waals surface area contributed by atoms with E-state index in [1.54, 1.807) is 13.0 Å². The Balaban J connectivity index is 2.96. The summed E-state index contributed by atoms with van der Waals surface area (Å²) < 4.78 is 14.0. The molecule has 0 aromatic carbocycles. The molecule has 0 saturated carbocycles. The van der Waals surface area contributed by atoms with Crippen LogP contribution in [0.4, 0.5) is 4.39 Å². The van der Waals surface area contributed by atoms with E-state index >= 15 is 0 Å². The van der Waals surface area contributed by atoms with Gasteiger partial charge in [0.2, 0.25) is 0 Å². The standard InChI is InChI=1S/C14H23FN2/c1-5-7-12(3)14(13(15)6-2)17-10-8-16(4)9-11-17/h5-7H,8-11H2,1-4H3/b7-5+,13-6+,14-12+. The second-order valence-corrected chi connectivity index (χ2v) is 4.46. The molecule has 17 heavy (non-hydrogen) atoms. The first-order chi connectivity index (χ1) is 8.10. The third kappa shape index (κ3) is 3.70. The molecule has 1 aliphatic heterocycles. The fourth-order valence-electron chi connectivity index (χ4n) is 2.08. The van der Waals surface area contributed by atoms with Gasteiger partial charge in [-0.25, -0.2) is 4.39 Å². The first-order valence-corrected chi connectivity index (χ1v) is 6.19. The number of rotatable bonds is 3. The highest BCUT2D eigenvalue weighted by atomic mass is 19.1. The highest BCUT2D eigenvalue weighted by Gasteiger charge is 2.20. The van der Waals surface area contributed by atoms with Gasteiger partial charge in [-0.05, 0) is 39.5 Å². The van der Waals surface area contributed by atoms with Gasteiger partial charge >= 0.3 is 0 Å². The summed E-state index contributed by atoms with van der Waals surface area (Å²) in [6.07, 6.45) is 5.46. The van der Waals surface area contributed by atoms with Gasteiger partial charge in [0.1, 0.15) is 5.83 Å². The highest BCUT2D eigenvalue weighted by Crippen LogP contribution is 2.23. The molecule has 1 saturated heterocycles. The fraction of sp³-hybridized carbons (Fsp3) is 0.571. The third-order valence-electron chi connectivity index (χ3n) is 3.09. The Morgan fingerprint density at radius 3 is 2.18 bits per heavy atom. The van der Waals surface area contributed by atoms with Gasteiger partial charge in [0.15, 0.2) is 0 Å². The number of piperazine rings is 1. The maximum absolute atomic E-state index is 14.0.